The third-order valence-corrected chi connectivity index (χ3v) is 3.92. The van der Waals surface area contributed by atoms with Crippen LogP contribution in [0.2, 0.25) is 0 Å². The average molecular weight is 346 g/mol. The molecule has 0 radical (unpaired) electrons. The van der Waals surface area contributed by atoms with Crippen LogP contribution in [-0.4, -0.2) is 16.1 Å². The summed E-state index contributed by atoms with van der Waals surface area (Å²) in [5, 5.41) is 15.1. The van der Waals surface area contributed by atoms with Gasteiger partial charge in [-0.15, -0.1) is 21.5 Å². The maximum Gasteiger partial charge on any atom is 0.230 e. The van der Waals surface area contributed by atoms with Gasteiger partial charge in [-0.05, 0) is 35.7 Å². The predicted molar refractivity (Wildman–Crippen MR) is 88.3 cm³/mol. The first-order chi connectivity index (χ1) is 11.6. The molecule has 2 N–H and O–H groups in total. The molecule has 0 saturated heterocycles. The monoisotopic (exact) mass is 346 g/mol. The number of aromatic nitrogens is 2. The van der Waals surface area contributed by atoms with Gasteiger partial charge in [0.25, 0.3) is 0 Å². The highest BCUT2D eigenvalue weighted by Gasteiger charge is 2.07. The largest absolute Gasteiger partial charge is 0.339 e. The van der Waals surface area contributed by atoms with Crippen molar-refractivity contribution < 1.29 is 13.6 Å². The minimum absolute atomic E-state index is 0.187. The van der Waals surface area contributed by atoms with E-state index in [1.807, 2.05) is 17.5 Å². The number of halogens is 2. The number of anilines is 3. The van der Waals surface area contributed by atoms with E-state index in [0.29, 0.717) is 17.3 Å². The molecule has 0 aliphatic heterocycles. The summed E-state index contributed by atoms with van der Waals surface area (Å²) in [5.41, 5.74) is 0.345. The Kier molecular flexibility index (Phi) is 4.76. The van der Waals surface area contributed by atoms with Gasteiger partial charge >= 0.3 is 0 Å². The second-order valence-corrected chi connectivity index (χ2v) is 5.89. The Balaban J connectivity index is 1.60. The van der Waals surface area contributed by atoms with Crippen molar-refractivity contribution in [2.75, 3.05) is 10.6 Å². The Labute approximate surface area is 140 Å². The van der Waals surface area contributed by atoms with Gasteiger partial charge in [0, 0.05) is 16.6 Å². The normalized spacial score (nSPS) is 10.4. The number of thiophene rings is 1. The number of amides is 1. The minimum atomic E-state index is -0.953. The molecule has 24 heavy (non-hydrogen) atoms. The van der Waals surface area contributed by atoms with E-state index in [9.17, 15) is 13.6 Å². The second-order valence-electron chi connectivity index (χ2n) is 4.86. The first-order valence-electron chi connectivity index (χ1n) is 6.98. The van der Waals surface area contributed by atoms with E-state index < -0.39 is 11.6 Å². The van der Waals surface area contributed by atoms with Crippen LogP contribution >= 0.6 is 11.3 Å². The number of carbonyl (C=O) groups is 1. The molecule has 5 nitrogen and oxygen atoms in total. The Bertz CT molecular complexity index is 838. The third kappa shape index (κ3) is 4.11. The van der Waals surface area contributed by atoms with Crippen molar-refractivity contribution in [3.63, 3.8) is 0 Å². The molecule has 0 fully saturated rings. The van der Waals surface area contributed by atoms with Crippen LogP contribution in [0.4, 0.5) is 26.1 Å². The number of hydrogen-bond donors (Lipinski definition) is 2. The van der Waals surface area contributed by atoms with Crippen LogP contribution in [0.5, 0.6) is 0 Å². The SMILES string of the molecule is O=C(Cc1cccs1)Nc1ccc(Nc2ccc(F)c(F)c2)nn1. The maximum absolute atomic E-state index is 13.1. The lowest BCUT2D eigenvalue weighted by atomic mass is 10.3. The Morgan fingerprint density at radius 2 is 1.83 bits per heavy atom. The Morgan fingerprint density at radius 1 is 1.04 bits per heavy atom. The van der Waals surface area contributed by atoms with E-state index >= 15 is 0 Å². The topological polar surface area (TPSA) is 66.9 Å². The molecule has 0 bridgehead atoms. The molecule has 0 aliphatic carbocycles. The summed E-state index contributed by atoms with van der Waals surface area (Å²) >= 11 is 1.50. The molecule has 1 amide bonds. The first kappa shape index (κ1) is 16.0. The van der Waals surface area contributed by atoms with E-state index in [-0.39, 0.29) is 12.3 Å². The van der Waals surface area contributed by atoms with Crippen LogP contribution < -0.4 is 10.6 Å². The number of nitrogens with zero attached hydrogens (tertiary/aromatic N) is 2. The second kappa shape index (κ2) is 7.14. The highest BCUT2D eigenvalue weighted by molar-refractivity contribution is 7.10. The molecule has 0 spiro atoms. The molecule has 122 valence electrons. The van der Waals surface area contributed by atoms with Crippen molar-refractivity contribution in [1.29, 1.82) is 0 Å². The molecule has 2 heterocycles. The van der Waals surface area contributed by atoms with Crippen molar-refractivity contribution in [1.82, 2.24) is 10.2 Å². The summed E-state index contributed by atoms with van der Waals surface area (Å²) in [5.74, 6) is -1.40. The molecule has 0 atom stereocenters. The number of carbonyl (C=O) groups excluding carboxylic acids is 1. The van der Waals surface area contributed by atoms with Gasteiger partial charge < -0.3 is 10.6 Å². The summed E-state index contributed by atoms with van der Waals surface area (Å²) in [6.07, 6.45) is 0.272. The van der Waals surface area contributed by atoms with E-state index in [1.54, 1.807) is 12.1 Å². The standard InChI is InChI=1S/C16H12F2N4OS/c17-12-4-3-10(8-13(12)18)19-14-5-6-15(22-21-14)20-16(23)9-11-2-1-7-24-11/h1-8H,9H2,(H,19,21)(H,20,22,23). The summed E-state index contributed by atoms with van der Waals surface area (Å²) < 4.78 is 26.0. The number of benzene rings is 1. The van der Waals surface area contributed by atoms with Crippen molar-refractivity contribution in [3.05, 3.63) is 64.4 Å². The molecule has 2 aromatic heterocycles. The van der Waals surface area contributed by atoms with Gasteiger partial charge in [0.1, 0.15) is 0 Å². The zero-order chi connectivity index (χ0) is 16.9. The zero-order valence-corrected chi connectivity index (χ0v) is 13.1. The molecular weight excluding hydrogens is 334 g/mol. The van der Waals surface area contributed by atoms with Gasteiger partial charge in [-0.2, -0.15) is 0 Å². The Morgan fingerprint density at radius 3 is 2.50 bits per heavy atom. The lowest BCUT2D eigenvalue weighted by Crippen LogP contribution is -2.15. The van der Waals surface area contributed by atoms with Crippen molar-refractivity contribution in [3.8, 4) is 0 Å². The van der Waals surface area contributed by atoms with Crippen LogP contribution in [-0.2, 0) is 11.2 Å². The van der Waals surface area contributed by atoms with Gasteiger partial charge in [-0.3, -0.25) is 4.79 Å². The number of nitrogens with one attached hydrogen (secondary N) is 2. The average Bonchev–Trinajstić information content (AvgIpc) is 3.06. The summed E-state index contributed by atoms with van der Waals surface area (Å²) in [6, 6.07) is 10.3. The highest BCUT2D eigenvalue weighted by Crippen LogP contribution is 2.18. The highest BCUT2D eigenvalue weighted by atomic mass is 32.1. The van der Waals surface area contributed by atoms with Gasteiger partial charge in [0.05, 0.1) is 6.42 Å². The van der Waals surface area contributed by atoms with Crippen LogP contribution in [0.1, 0.15) is 4.88 Å². The molecule has 3 aromatic rings. The molecule has 0 unspecified atom stereocenters. The van der Waals surface area contributed by atoms with Crippen LogP contribution in [0.25, 0.3) is 0 Å². The molecular formula is C16H12F2N4OS. The van der Waals surface area contributed by atoms with Crippen molar-refractivity contribution in [2.24, 2.45) is 0 Å². The van der Waals surface area contributed by atoms with Crippen molar-refractivity contribution >= 4 is 34.6 Å². The van der Waals surface area contributed by atoms with Gasteiger partial charge in [-0.1, -0.05) is 6.07 Å². The minimum Gasteiger partial charge on any atom is -0.339 e. The Hall–Kier alpha value is -2.87. The maximum atomic E-state index is 13.1. The van der Waals surface area contributed by atoms with Gasteiger partial charge in [-0.25, -0.2) is 8.78 Å². The summed E-state index contributed by atoms with van der Waals surface area (Å²) in [4.78, 5) is 12.8. The lowest BCUT2D eigenvalue weighted by molar-refractivity contribution is -0.115. The van der Waals surface area contributed by atoms with E-state index in [1.165, 1.54) is 17.4 Å². The summed E-state index contributed by atoms with van der Waals surface area (Å²) in [7, 11) is 0. The number of rotatable bonds is 5. The smallest absolute Gasteiger partial charge is 0.230 e. The van der Waals surface area contributed by atoms with Gasteiger partial charge in [0.2, 0.25) is 5.91 Å². The fourth-order valence-electron chi connectivity index (χ4n) is 1.95. The van der Waals surface area contributed by atoms with E-state index in [0.717, 1.165) is 17.0 Å². The third-order valence-electron chi connectivity index (χ3n) is 3.04. The molecule has 3 rings (SSSR count). The van der Waals surface area contributed by atoms with Crippen molar-refractivity contribution in [2.45, 2.75) is 6.42 Å². The van der Waals surface area contributed by atoms with Crippen LogP contribution in [0.15, 0.2) is 47.8 Å². The van der Waals surface area contributed by atoms with E-state index in [2.05, 4.69) is 20.8 Å². The quantitative estimate of drug-likeness (QED) is 0.738. The zero-order valence-electron chi connectivity index (χ0n) is 12.3. The van der Waals surface area contributed by atoms with E-state index in [4.69, 9.17) is 0 Å². The molecule has 0 saturated carbocycles. The predicted octanol–water partition coefficient (Wildman–Crippen LogP) is 3.74. The van der Waals surface area contributed by atoms with Gasteiger partial charge in [0.15, 0.2) is 23.3 Å². The number of hydrogen-bond acceptors (Lipinski definition) is 5. The van der Waals surface area contributed by atoms with Crippen LogP contribution in [0, 0.1) is 11.6 Å². The summed E-state index contributed by atoms with van der Waals surface area (Å²) in [6.45, 7) is 0. The molecule has 1 aromatic carbocycles. The first-order valence-corrected chi connectivity index (χ1v) is 7.86. The fourth-order valence-corrected chi connectivity index (χ4v) is 2.65. The fraction of sp³-hybridized carbons (Fsp3) is 0.0625. The molecule has 8 heteroatoms. The van der Waals surface area contributed by atoms with Crippen LogP contribution in [0.3, 0.4) is 0 Å². The lowest BCUT2D eigenvalue weighted by Gasteiger charge is -2.07. The molecule has 0 aliphatic rings.